The average molecular weight is 292 g/mol. The van der Waals surface area contributed by atoms with Crippen LogP contribution in [0.25, 0.3) is 0 Å². The molecule has 0 saturated carbocycles. The highest BCUT2D eigenvalue weighted by Crippen LogP contribution is 2.23. The quantitative estimate of drug-likeness (QED) is 0.598. The van der Waals surface area contributed by atoms with Gasteiger partial charge in [-0.25, -0.2) is 0 Å². The molecular formula is C15H20N2O2S. The molecule has 0 amide bonds. The van der Waals surface area contributed by atoms with E-state index >= 15 is 0 Å². The van der Waals surface area contributed by atoms with Crippen LogP contribution < -0.4 is 5.32 Å². The van der Waals surface area contributed by atoms with Crippen molar-refractivity contribution in [1.82, 2.24) is 10.5 Å². The van der Waals surface area contributed by atoms with Crippen LogP contribution in [0, 0.1) is 6.92 Å². The van der Waals surface area contributed by atoms with Gasteiger partial charge in [0.15, 0.2) is 0 Å². The summed E-state index contributed by atoms with van der Waals surface area (Å²) >= 11 is 1.75. The van der Waals surface area contributed by atoms with Gasteiger partial charge in [0, 0.05) is 31.2 Å². The summed E-state index contributed by atoms with van der Waals surface area (Å²) in [4.78, 5) is 1.24. The molecule has 5 heteroatoms. The highest BCUT2D eigenvalue weighted by Gasteiger charge is 2.02. The van der Waals surface area contributed by atoms with Gasteiger partial charge in [0.1, 0.15) is 5.76 Å². The summed E-state index contributed by atoms with van der Waals surface area (Å²) in [6.07, 6.45) is 0. The first-order valence-corrected chi connectivity index (χ1v) is 7.60. The van der Waals surface area contributed by atoms with Crippen LogP contribution in [0.4, 0.5) is 0 Å². The van der Waals surface area contributed by atoms with Crippen LogP contribution in [0.2, 0.25) is 0 Å². The van der Waals surface area contributed by atoms with Crippen molar-refractivity contribution in [2.24, 2.45) is 0 Å². The minimum atomic E-state index is 0.741. The van der Waals surface area contributed by atoms with Crippen molar-refractivity contribution >= 4 is 11.8 Å². The van der Waals surface area contributed by atoms with E-state index < -0.39 is 0 Å². The third kappa shape index (κ3) is 5.00. The lowest BCUT2D eigenvalue weighted by atomic mass is 10.2. The number of thioether (sulfide) groups is 1. The van der Waals surface area contributed by atoms with Crippen molar-refractivity contribution in [3.8, 4) is 0 Å². The molecule has 0 aliphatic heterocycles. The maximum atomic E-state index is 5.19. The molecule has 0 bridgehead atoms. The second-order valence-corrected chi connectivity index (χ2v) is 5.59. The fraction of sp³-hybridized carbons (Fsp3) is 0.400. The summed E-state index contributed by atoms with van der Waals surface area (Å²) in [5.41, 5.74) is 2.21. The monoisotopic (exact) mass is 292 g/mol. The number of hydrogen-bond acceptors (Lipinski definition) is 5. The first kappa shape index (κ1) is 15.1. The van der Waals surface area contributed by atoms with Crippen molar-refractivity contribution in [1.29, 1.82) is 0 Å². The number of nitrogens with zero attached hydrogens (tertiary/aromatic N) is 1. The molecule has 0 fully saturated rings. The van der Waals surface area contributed by atoms with Crippen molar-refractivity contribution in [2.45, 2.75) is 24.1 Å². The van der Waals surface area contributed by atoms with Crippen LogP contribution in [0.3, 0.4) is 0 Å². The molecule has 4 nitrogen and oxygen atoms in total. The molecule has 2 aromatic rings. The van der Waals surface area contributed by atoms with E-state index in [-0.39, 0.29) is 0 Å². The van der Waals surface area contributed by atoms with Crippen molar-refractivity contribution in [2.75, 3.05) is 20.3 Å². The minimum Gasteiger partial charge on any atom is -0.383 e. The zero-order chi connectivity index (χ0) is 14.2. The standard InChI is InChI=1S/C15H20N2O2S/c1-12-9-14(19-17-12)11-20-15-5-3-13(4-6-15)10-16-7-8-18-2/h3-6,9,16H,7-8,10-11H2,1-2H3. The second-order valence-electron chi connectivity index (χ2n) is 4.54. The molecule has 20 heavy (non-hydrogen) atoms. The summed E-state index contributed by atoms with van der Waals surface area (Å²) in [6, 6.07) is 10.5. The van der Waals surface area contributed by atoms with Crippen LogP contribution in [0.1, 0.15) is 17.0 Å². The SMILES string of the molecule is COCCNCc1ccc(SCc2cc(C)no2)cc1. The van der Waals surface area contributed by atoms with Gasteiger partial charge in [-0.3, -0.25) is 0 Å². The first-order chi connectivity index (χ1) is 9.78. The number of benzene rings is 1. The maximum absolute atomic E-state index is 5.19. The van der Waals surface area contributed by atoms with Gasteiger partial charge in [0.2, 0.25) is 0 Å². The van der Waals surface area contributed by atoms with Gasteiger partial charge < -0.3 is 14.6 Å². The predicted molar refractivity (Wildman–Crippen MR) is 80.8 cm³/mol. The lowest BCUT2D eigenvalue weighted by molar-refractivity contribution is 0.199. The lowest BCUT2D eigenvalue weighted by Crippen LogP contribution is -2.18. The fourth-order valence-electron chi connectivity index (χ4n) is 1.75. The Morgan fingerprint density at radius 3 is 2.75 bits per heavy atom. The van der Waals surface area contributed by atoms with Crippen LogP contribution in [-0.4, -0.2) is 25.4 Å². The number of hydrogen-bond donors (Lipinski definition) is 1. The van der Waals surface area contributed by atoms with Crippen molar-refractivity contribution in [3.63, 3.8) is 0 Å². The highest BCUT2D eigenvalue weighted by atomic mass is 32.2. The molecule has 1 aromatic heterocycles. The molecule has 1 aromatic carbocycles. The number of aryl methyl sites for hydroxylation is 1. The Balaban J connectivity index is 1.76. The molecule has 1 N–H and O–H groups in total. The Morgan fingerprint density at radius 1 is 1.30 bits per heavy atom. The molecule has 0 spiro atoms. The third-order valence-corrected chi connectivity index (χ3v) is 3.83. The molecule has 2 rings (SSSR count). The normalized spacial score (nSPS) is 10.9. The number of aromatic nitrogens is 1. The van der Waals surface area contributed by atoms with Gasteiger partial charge in [-0.1, -0.05) is 17.3 Å². The minimum absolute atomic E-state index is 0.741. The third-order valence-electron chi connectivity index (χ3n) is 2.79. The number of methoxy groups -OCH3 is 1. The lowest BCUT2D eigenvalue weighted by Gasteiger charge is -2.05. The molecule has 0 atom stereocenters. The molecule has 0 saturated heterocycles. The van der Waals surface area contributed by atoms with Crippen LogP contribution in [0.5, 0.6) is 0 Å². The molecular weight excluding hydrogens is 272 g/mol. The van der Waals surface area contributed by atoms with Crippen molar-refractivity contribution < 1.29 is 9.26 Å². The predicted octanol–water partition coefficient (Wildman–Crippen LogP) is 3.01. The number of nitrogens with one attached hydrogen (secondary N) is 1. The van der Waals surface area contributed by atoms with Gasteiger partial charge in [-0.15, -0.1) is 11.8 Å². The zero-order valence-corrected chi connectivity index (χ0v) is 12.7. The number of ether oxygens (including phenoxy) is 1. The van der Waals surface area contributed by atoms with Gasteiger partial charge >= 0.3 is 0 Å². The number of rotatable bonds is 8. The fourth-order valence-corrected chi connectivity index (χ4v) is 2.52. The van der Waals surface area contributed by atoms with Gasteiger partial charge in [-0.2, -0.15) is 0 Å². The summed E-state index contributed by atoms with van der Waals surface area (Å²) in [6.45, 7) is 4.42. The molecule has 0 aliphatic rings. The maximum Gasteiger partial charge on any atom is 0.147 e. The van der Waals surface area contributed by atoms with Crippen molar-refractivity contribution in [3.05, 3.63) is 47.3 Å². The highest BCUT2D eigenvalue weighted by molar-refractivity contribution is 7.98. The molecule has 108 valence electrons. The largest absolute Gasteiger partial charge is 0.383 e. The van der Waals surface area contributed by atoms with E-state index in [1.54, 1.807) is 18.9 Å². The summed E-state index contributed by atoms with van der Waals surface area (Å²) in [7, 11) is 1.71. The van der Waals surface area contributed by atoms with Crippen LogP contribution >= 0.6 is 11.8 Å². The summed E-state index contributed by atoms with van der Waals surface area (Å²) in [5.74, 6) is 1.73. The van der Waals surface area contributed by atoms with E-state index in [0.717, 1.165) is 36.9 Å². The van der Waals surface area contributed by atoms with E-state index in [0.29, 0.717) is 0 Å². The van der Waals surface area contributed by atoms with E-state index in [1.165, 1.54) is 10.5 Å². The van der Waals surface area contributed by atoms with E-state index in [2.05, 4.69) is 34.7 Å². The summed E-state index contributed by atoms with van der Waals surface area (Å²) < 4.78 is 10.2. The molecule has 0 aliphatic carbocycles. The Morgan fingerprint density at radius 2 is 2.10 bits per heavy atom. The first-order valence-electron chi connectivity index (χ1n) is 6.61. The van der Waals surface area contributed by atoms with Gasteiger partial charge in [0.25, 0.3) is 0 Å². The van der Waals surface area contributed by atoms with Gasteiger partial charge in [0.05, 0.1) is 18.1 Å². The average Bonchev–Trinajstić information content (AvgIpc) is 2.88. The molecule has 1 heterocycles. The topological polar surface area (TPSA) is 47.3 Å². The van der Waals surface area contributed by atoms with Gasteiger partial charge in [-0.05, 0) is 24.6 Å². The smallest absolute Gasteiger partial charge is 0.147 e. The Bertz CT molecular complexity index is 511. The van der Waals surface area contributed by atoms with Crippen LogP contribution in [0.15, 0.2) is 39.8 Å². The Labute approximate surface area is 123 Å². The second kappa shape index (κ2) is 8.09. The molecule has 0 radical (unpaired) electrons. The van der Waals surface area contributed by atoms with Crippen LogP contribution in [-0.2, 0) is 17.0 Å². The zero-order valence-electron chi connectivity index (χ0n) is 11.9. The Hall–Kier alpha value is -1.30. The van der Waals surface area contributed by atoms with E-state index in [1.807, 2.05) is 13.0 Å². The van der Waals surface area contributed by atoms with E-state index in [4.69, 9.17) is 9.26 Å². The Kier molecular flexibility index (Phi) is 6.11. The molecule has 0 unspecified atom stereocenters. The summed E-state index contributed by atoms with van der Waals surface area (Å²) in [5, 5.41) is 7.21. The van der Waals surface area contributed by atoms with E-state index in [9.17, 15) is 0 Å².